The second-order valence-electron chi connectivity index (χ2n) is 5.92. The number of anilines is 2. The summed E-state index contributed by atoms with van der Waals surface area (Å²) in [7, 11) is 0. The van der Waals surface area contributed by atoms with Crippen LogP contribution in [0.5, 0.6) is 0 Å². The SMILES string of the molecule is O=C(C[NH+]1CCN(c2ccc(F)cc2)CC1)Nc1ccccc1F. The molecule has 1 aliphatic rings. The van der Waals surface area contributed by atoms with Crippen LogP contribution in [0.4, 0.5) is 20.2 Å². The molecular weight excluding hydrogens is 312 g/mol. The molecule has 126 valence electrons. The van der Waals surface area contributed by atoms with Gasteiger partial charge in [0, 0.05) is 5.69 Å². The Kier molecular flexibility index (Phi) is 5.05. The molecular formula is C18H20F2N3O+. The maximum absolute atomic E-state index is 13.5. The lowest BCUT2D eigenvalue weighted by atomic mass is 10.2. The van der Waals surface area contributed by atoms with E-state index in [0.717, 1.165) is 36.8 Å². The molecule has 1 aliphatic heterocycles. The fraction of sp³-hybridized carbons (Fsp3) is 0.278. The molecule has 1 amide bonds. The zero-order valence-corrected chi connectivity index (χ0v) is 13.3. The summed E-state index contributed by atoms with van der Waals surface area (Å²) in [6.45, 7) is 3.53. The van der Waals surface area contributed by atoms with Crippen LogP contribution in [0.1, 0.15) is 0 Å². The first-order valence-corrected chi connectivity index (χ1v) is 8.00. The number of piperazine rings is 1. The number of nitrogens with one attached hydrogen (secondary N) is 2. The Hall–Kier alpha value is -2.47. The minimum atomic E-state index is -0.429. The number of benzene rings is 2. The maximum Gasteiger partial charge on any atom is 0.279 e. The van der Waals surface area contributed by atoms with Gasteiger partial charge in [0.1, 0.15) is 11.6 Å². The Morgan fingerprint density at radius 3 is 2.38 bits per heavy atom. The average Bonchev–Trinajstić information content (AvgIpc) is 2.58. The fourth-order valence-corrected chi connectivity index (χ4v) is 2.89. The van der Waals surface area contributed by atoms with E-state index in [4.69, 9.17) is 0 Å². The second-order valence-corrected chi connectivity index (χ2v) is 5.92. The minimum Gasteiger partial charge on any atom is -0.360 e. The molecule has 0 spiro atoms. The molecule has 2 N–H and O–H groups in total. The number of rotatable bonds is 4. The maximum atomic E-state index is 13.5. The first-order valence-electron chi connectivity index (χ1n) is 8.00. The summed E-state index contributed by atoms with van der Waals surface area (Å²) < 4.78 is 26.5. The number of carbonyl (C=O) groups is 1. The number of hydrogen-bond acceptors (Lipinski definition) is 2. The van der Waals surface area contributed by atoms with Crippen molar-refractivity contribution in [2.45, 2.75) is 0 Å². The van der Waals surface area contributed by atoms with Gasteiger partial charge in [0.15, 0.2) is 6.54 Å². The summed E-state index contributed by atoms with van der Waals surface area (Å²) >= 11 is 0. The third-order valence-electron chi connectivity index (χ3n) is 4.22. The number of quaternary nitrogens is 1. The Morgan fingerprint density at radius 1 is 1.04 bits per heavy atom. The van der Waals surface area contributed by atoms with Crippen LogP contribution in [0.15, 0.2) is 48.5 Å². The summed E-state index contributed by atoms with van der Waals surface area (Å²) in [6.07, 6.45) is 0. The molecule has 24 heavy (non-hydrogen) atoms. The molecule has 1 saturated heterocycles. The van der Waals surface area contributed by atoms with Gasteiger partial charge in [-0.25, -0.2) is 8.78 Å². The standard InChI is InChI=1S/C18H19F2N3O/c19-14-5-7-15(8-6-14)23-11-9-22(10-12-23)13-18(24)21-17-4-2-1-3-16(17)20/h1-8H,9-13H2,(H,21,24)/p+1. The van der Waals surface area contributed by atoms with Gasteiger partial charge >= 0.3 is 0 Å². The first-order chi connectivity index (χ1) is 11.6. The molecule has 2 aromatic rings. The van der Waals surface area contributed by atoms with Crippen LogP contribution in [0.25, 0.3) is 0 Å². The van der Waals surface area contributed by atoms with Gasteiger partial charge in [-0.05, 0) is 36.4 Å². The highest BCUT2D eigenvalue weighted by Crippen LogP contribution is 2.14. The largest absolute Gasteiger partial charge is 0.360 e. The van der Waals surface area contributed by atoms with Crippen LogP contribution >= 0.6 is 0 Å². The summed E-state index contributed by atoms with van der Waals surface area (Å²) in [5, 5.41) is 2.62. The minimum absolute atomic E-state index is 0.190. The van der Waals surface area contributed by atoms with E-state index in [0.29, 0.717) is 6.54 Å². The van der Waals surface area contributed by atoms with E-state index in [9.17, 15) is 13.6 Å². The number of halogens is 2. The molecule has 4 nitrogen and oxygen atoms in total. The predicted octanol–water partition coefficient (Wildman–Crippen LogP) is 1.31. The quantitative estimate of drug-likeness (QED) is 0.886. The van der Waals surface area contributed by atoms with E-state index in [1.165, 1.54) is 18.2 Å². The zero-order chi connectivity index (χ0) is 16.9. The molecule has 2 aromatic carbocycles. The number of nitrogens with zero attached hydrogens (tertiary/aromatic N) is 1. The highest BCUT2D eigenvalue weighted by molar-refractivity contribution is 5.91. The van der Waals surface area contributed by atoms with Crippen molar-refractivity contribution < 1.29 is 18.5 Å². The number of carbonyl (C=O) groups excluding carboxylic acids is 1. The van der Waals surface area contributed by atoms with Gasteiger partial charge in [0.25, 0.3) is 5.91 Å². The lowest BCUT2D eigenvalue weighted by Crippen LogP contribution is -3.15. The molecule has 0 saturated carbocycles. The van der Waals surface area contributed by atoms with Crippen molar-refractivity contribution in [2.75, 3.05) is 42.9 Å². The van der Waals surface area contributed by atoms with Crippen molar-refractivity contribution in [3.63, 3.8) is 0 Å². The second kappa shape index (κ2) is 7.40. The molecule has 0 bridgehead atoms. The van der Waals surface area contributed by atoms with Gasteiger partial charge in [-0.3, -0.25) is 4.79 Å². The molecule has 0 unspecified atom stereocenters. The summed E-state index contributed by atoms with van der Waals surface area (Å²) in [6, 6.07) is 12.6. The molecule has 0 aromatic heterocycles. The molecule has 0 aliphatic carbocycles. The third-order valence-corrected chi connectivity index (χ3v) is 4.22. The lowest BCUT2D eigenvalue weighted by molar-refractivity contribution is -0.892. The summed E-state index contributed by atoms with van der Waals surface area (Å²) in [5.41, 5.74) is 1.21. The Balaban J connectivity index is 1.49. The monoisotopic (exact) mass is 332 g/mol. The van der Waals surface area contributed by atoms with Crippen LogP contribution in [-0.4, -0.2) is 38.6 Å². The van der Waals surface area contributed by atoms with E-state index in [1.54, 1.807) is 30.3 Å². The van der Waals surface area contributed by atoms with Gasteiger partial charge in [0.05, 0.1) is 31.9 Å². The van der Waals surface area contributed by atoms with Crippen molar-refractivity contribution in [3.05, 3.63) is 60.2 Å². The molecule has 1 heterocycles. The number of para-hydroxylation sites is 1. The Morgan fingerprint density at radius 2 is 1.71 bits per heavy atom. The van der Waals surface area contributed by atoms with E-state index in [-0.39, 0.29) is 17.4 Å². The van der Waals surface area contributed by atoms with Crippen molar-refractivity contribution in [1.29, 1.82) is 0 Å². The smallest absolute Gasteiger partial charge is 0.279 e. The van der Waals surface area contributed by atoms with Crippen molar-refractivity contribution in [3.8, 4) is 0 Å². The van der Waals surface area contributed by atoms with E-state index in [1.807, 2.05) is 0 Å². The Labute approximate surface area is 139 Å². The molecule has 0 radical (unpaired) electrons. The van der Waals surface area contributed by atoms with Crippen LogP contribution < -0.4 is 15.1 Å². The summed E-state index contributed by atoms with van der Waals surface area (Å²) in [4.78, 5) is 15.4. The van der Waals surface area contributed by atoms with Gasteiger partial charge in [-0.15, -0.1) is 0 Å². The number of hydrogen-bond donors (Lipinski definition) is 2. The molecule has 1 fully saturated rings. The molecule has 3 rings (SSSR count). The third kappa shape index (κ3) is 4.08. The first kappa shape index (κ1) is 16.4. The summed E-state index contributed by atoms with van der Waals surface area (Å²) in [5.74, 6) is -0.861. The fourth-order valence-electron chi connectivity index (χ4n) is 2.89. The topological polar surface area (TPSA) is 36.8 Å². The molecule has 6 heteroatoms. The lowest BCUT2D eigenvalue weighted by Gasteiger charge is -2.33. The van der Waals surface area contributed by atoms with Crippen molar-refractivity contribution >= 4 is 17.3 Å². The van der Waals surface area contributed by atoms with Gasteiger partial charge < -0.3 is 15.1 Å². The highest BCUT2D eigenvalue weighted by Gasteiger charge is 2.22. The normalized spacial score (nSPS) is 15.3. The van der Waals surface area contributed by atoms with Crippen LogP contribution in [0.3, 0.4) is 0 Å². The zero-order valence-electron chi connectivity index (χ0n) is 13.3. The van der Waals surface area contributed by atoms with Crippen molar-refractivity contribution in [2.24, 2.45) is 0 Å². The van der Waals surface area contributed by atoms with Crippen LogP contribution in [0, 0.1) is 11.6 Å². The van der Waals surface area contributed by atoms with E-state index in [2.05, 4.69) is 10.2 Å². The van der Waals surface area contributed by atoms with E-state index < -0.39 is 5.82 Å². The van der Waals surface area contributed by atoms with Gasteiger partial charge in [0.2, 0.25) is 0 Å². The predicted molar refractivity (Wildman–Crippen MR) is 89.2 cm³/mol. The number of amides is 1. The van der Waals surface area contributed by atoms with Crippen molar-refractivity contribution in [1.82, 2.24) is 0 Å². The average molecular weight is 332 g/mol. The van der Waals surface area contributed by atoms with Crippen LogP contribution in [0.2, 0.25) is 0 Å². The van der Waals surface area contributed by atoms with Gasteiger partial charge in [-0.1, -0.05) is 12.1 Å². The molecule has 0 atom stereocenters. The van der Waals surface area contributed by atoms with E-state index >= 15 is 0 Å². The van der Waals surface area contributed by atoms with Gasteiger partial charge in [-0.2, -0.15) is 0 Å². The van der Waals surface area contributed by atoms with Crippen LogP contribution in [-0.2, 0) is 4.79 Å². The highest BCUT2D eigenvalue weighted by atomic mass is 19.1. The Bertz CT molecular complexity index is 698.